The molecular formula is C46H59NO14. The summed E-state index contributed by atoms with van der Waals surface area (Å²) >= 11 is 0. The first kappa shape index (κ1) is 46.9. The van der Waals surface area contributed by atoms with Crippen molar-refractivity contribution in [2.24, 2.45) is 23.2 Å². The van der Waals surface area contributed by atoms with Crippen LogP contribution in [0.15, 0.2) is 71.8 Å². The van der Waals surface area contributed by atoms with Gasteiger partial charge in [0.1, 0.15) is 17.8 Å². The molecule has 3 N–H and O–H groups in total. The van der Waals surface area contributed by atoms with Crippen molar-refractivity contribution in [1.29, 1.82) is 0 Å². The second-order valence-corrected chi connectivity index (χ2v) is 17.9. The standard InChI is InChI=1S/C46H59NO14/c1-26-20-21-35-45(25-57-35,60-29(4)50)36(26)32(24-56-40(52)31-18-14-11-15-19-31)46(55)22-33(27(2)37(44(46,8)9)34(23-48)58-28(3)49)59-41(53)39(51)38(30-16-12-10-13-17-30)47-42(54)61-43(5,6)7/h10-19,23,26,32-36,38-39,51,55H,20-22,24-25H2,1-9H3,(H,47,54)/t26?,32-,33-,34-,35+,36+,38-,39+,45-,46+/m0/s1. The second kappa shape index (κ2) is 18.5. The Balaban J connectivity index is 1.64. The number of aldehydes is 1. The molecule has 2 aromatic carbocycles. The normalized spacial score (nSPS) is 27.7. The summed E-state index contributed by atoms with van der Waals surface area (Å²) in [6.45, 7) is 13.8. The summed E-state index contributed by atoms with van der Waals surface area (Å²) in [6, 6.07) is 15.1. The third-order valence-electron chi connectivity index (χ3n) is 12.4. The van der Waals surface area contributed by atoms with E-state index in [2.05, 4.69) is 5.32 Å². The van der Waals surface area contributed by atoms with E-state index in [1.807, 2.05) is 6.92 Å². The van der Waals surface area contributed by atoms with Gasteiger partial charge in [-0.1, -0.05) is 69.3 Å². The number of hydrogen-bond donors (Lipinski definition) is 3. The molecular weight excluding hydrogens is 790 g/mol. The Morgan fingerprint density at radius 1 is 0.967 bits per heavy atom. The van der Waals surface area contributed by atoms with Crippen molar-refractivity contribution in [3.05, 3.63) is 82.9 Å². The summed E-state index contributed by atoms with van der Waals surface area (Å²) in [5.74, 6) is -5.39. The largest absolute Gasteiger partial charge is 0.462 e. The zero-order chi connectivity index (χ0) is 45.1. The number of rotatable bonds is 14. The maximum absolute atomic E-state index is 14.2. The number of aliphatic hydroxyl groups excluding tert-OH is 1. The molecule has 1 saturated carbocycles. The van der Waals surface area contributed by atoms with Crippen LogP contribution >= 0.6 is 0 Å². The summed E-state index contributed by atoms with van der Waals surface area (Å²) in [5.41, 5.74) is -4.83. The van der Waals surface area contributed by atoms with Crippen molar-refractivity contribution in [3.8, 4) is 0 Å². The summed E-state index contributed by atoms with van der Waals surface area (Å²) in [5, 5.41) is 28.0. The van der Waals surface area contributed by atoms with E-state index < -0.39 is 101 Å². The van der Waals surface area contributed by atoms with Crippen LogP contribution in [0.5, 0.6) is 0 Å². The number of hydrogen-bond acceptors (Lipinski definition) is 14. The van der Waals surface area contributed by atoms with Gasteiger partial charge >= 0.3 is 30.0 Å². The summed E-state index contributed by atoms with van der Waals surface area (Å²) in [6.07, 6.45) is -5.29. The first-order valence-corrected chi connectivity index (χ1v) is 20.6. The molecule has 61 heavy (non-hydrogen) atoms. The molecule has 1 saturated heterocycles. The lowest BCUT2D eigenvalue weighted by atomic mass is 9.49. The molecule has 15 nitrogen and oxygen atoms in total. The summed E-state index contributed by atoms with van der Waals surface area (Å²) in [4.78, 5) is 79.1. The maximum atomic E-state index is 14.2. The van der Waals surface area contributed by atoms with E-state index in [0.717, 1.165) is 6.92 Å². The lowest BCUT2D eigenvalue weighted by Crippen LogP contribution is -2.73. The van der Waals surface area contributed by atoms with Gasteiger partial charge in [0, 0.05) is 37.5 Å². The minimum atomic E-state index is -2.10. The van der Waals surface area contributed by atoms with Crippen LogP contribution in [0.25, 0.3) is 0 Å². The maximum Gasteiger partial charge on any atom is 0.408 e. The Morgan fingerprint density at radius 3 is 2.13 bits per heavy atom. The van der Waals surface area contributed by atoms with Crippen molar-refractivity contribution in [1.82, 2.24) is 5.32 Å². The number of nitrogens with one attached hydrogen (secondary N) is 1. The van der Waals surface area contributed by atoms with E-state index in [-0.39, 0.29) is 35.7 Å². The fourth-order valence-electron chi connectivity index (χ4n) is 9.64. The highest BCUT2D eigenvalue weighted by atomic mass is 16.6. The van der Waals surface area contributed by atoms with Crippen LogP contribution in [0, 0.1) is 23.2 Å². The Hall–Kier alpha value is -5.12. The average molecular weight is 850 g/mol. The van der Waals surface area contributed by atoms with E-state index in [1.54, 1.807) is 102 Å². The van der Waals surface area contributed by atoms with E-state index >= 15 is 0 Å². The smallest absolute Gasteiger partial charge is 0.408 e. The van der Waals surface area contributed by atoms with Gasteiger partial charge in [-0.25, -0.2) is 14.4 Å². The Kier molecular flexibility index (Phi) is 14.2. The van der Waals surface area contributed by atoms with Gasteiger partial charge in [-0.3, -0.25) is 14.4 Å². The minimum absolute atomic E-state index is 0.00580. The molecule has 10 atom stereocenters. The number of benzene rings is 2. The van der Waals surface area contributed by atoms with Crippen molar-refractivity contribution in [2.75, 3.05) is 13.2 Å². The summed E-state index contributed by atoms with van der Waals surface area (Å²) in [7, 11) is 0. The Morgan fingerprint density at radius 2 is 1.59 bits per heavy atom. The van der Waals surface area contributed by atoms with Gasteiger partial charge in [-0.05, 0) is 75.3 Å². The van der Waals surface area contributed by atoms with E-state index in [1.165, 1.54) is 6.92 Å². The highest BCUT2D eigenvalue weighted by molar-refractivity contribution is 5.89. The molecule has 2 aromatic rings. The van der Waals surface area contributed by atoms with E-state index in [9.17, 15) is 39.0 Å². The molecule has 5 rings (SSSR count). The quantitative estimate of drug-likeness (QED) is 0.0947. The zero-order valence-corrected chi connectivity index (χ0v) is 36.3. The molecule has 1 amide bonds. The fraction of sp³-hybridized carbons (Fsp3) is 0.565. The Bertz CT molecular complexity index is 1980. The number of carbonyl (C=O) groups is 6. The monoisotopic (exact) mass is 849 g/mol. The molecule has 0 bridgehead atoms. The third-order valence-corrected chi connectivity index (χ3v) is 12.4. The molecule has 0 aromatic heterocycles. The van der Waals surface area contributed by atoms with Crippen molar-refractivity contribution < 1.29 is 67.4 Å². The number of carbonyl (C=O) groups excluding carboxylic acids is 6. The molecule has 0 spiro atoms. The molecule has 15 heteroatoms. The number of alkyl carbamates (subject to hydrolysis) is 1. The van der Waals surface area contributed by atoms with Gasteiger partial charge in [0.05, 0.1) is 30.4 Å². The fourth-order valence-corrected chi connectivity index (χ4v) is 9.64. The molecule has 0 radical (unpaired) electrons. The van der Waals surface area contributed by atoms with Gasteiger partial charge in [0.2, 0.25) is 0 Å². The predicted octanol–water partition coefficient (Wildman–Crippen LogP) is 5.35. The molecule has 2 fully saturated rings. The predicted molar refractivity (Wildman–Crippen MR) is 218 cm³/mol. The van der Waals surface area contributed by atoms with Crippen LogP contribution in [-0.2, 0) is 47.6 Å². The molecule has 3 aliphatic rings. The molecule has 2 aliphatic carbocycles. The van der Waals surface area contributed by atoms with Crippen molar-refractivity contribution in [3.63, 3.8) is 0 Å². The van der Waals surface area contributed by atoms with Gasteiger partial charge in [0.15, 0.2) is 24.1 Å². The van der Waals surface area contributed by atoms with Gasteiger partial charge in [0.25, 0.3) is 0 Å². The van der Waals surface area contributed by atoms with Crippen LogP contribution in [0.1, 0.15) is 104 Å². The number of fused-ring (bicyclic) bond motifs is 1. The molecule has 1 aliphatic heterocycles. The topological polar surface area (TPSA) is 210 Å². The lowest BCUT2D eigenvalue weighted by Gasteiger charge is -2.63. The van der Waals surface area contributed by atoms with E-state index in [0.29, 0.717) is 24.7 Å². The van der Waals surface area contributed by atoms with Crippen molar-refractivity contribution in [2.45, 2.75) is 129 Å². The zero-order valence-electron chi connectivity index (χ0n) is 36.3. The Labute approximate surface area is 356 Å². The SMILES string of the molecule is CC(=O)O[C@@H](C=O)C1=C(C)[C@@H](OC(=O)[C@H](O)[C@@H](NC(=O)OC(C)(C)C)c2ccccc2)C[C@@](O)([C@@H](COC(=O)c2ccccc2)[C@H]2C(C)CC[C@H]3OC[C@@]23OC(C)=O)C1(C)C. The van der Waals surface area contributed by atoms with Crippen molar-refractivity contribution >= 4 is 36.3 Å². The number of amides is 1. The first-order chi connectivity index (χ1) is 28.6. The highest BCUT2D eigenvalue weighted by Gasteiger charge is 2.68. The third kappa shape index (κ3) is 9.84. The summed E-state index contributed by atoms with van der Waals surface area (Å²) < 4.78 is 35.2. The van der Waals surface area contributed by atoms with Gasteiger partial charge in [-0.15, -0.1) is 0 Å². The van der Waals surface area contributed by atoms with Gasteiger partial charge < -0.3 is 44.0 Å². The lowest BCUT2D eigenvalue weighted by molar-refractivity contribution is -0.316. The van der Waals surface area contributed by atoms with Crippen LogP contribution in [0.2, 0.25) is 0 Å². The second-order valence-electron chi connectivity index (χ2n) is 17.9. The van der Waals surface area contributed by atoms with Crippen LogP contribution in [0.4, 0.5) is 4.79 Å². The average Bonchev–Trinajstić information content (AvgIpc) is 3.17. The van der Waals surface area contributed by atoms with Crippen LogP contribution < -0.4 is 5.32 Å². The highest BCUT2D eigenvalue weighted by Crippen LogP contribution is 2.60. The molecule has 1 unspecified atom stereocenters. The first-order valence-electron chi connectivity index (χ1n) is 20.6. The number of esters is 4. The minimum Gasteiger partial charge on any atom is -0.462 e. The number of aliphatic hydroxyl groups is 2. The molecule has 332 valence electrons. The van der Waals surface area contributed by atoms with E-state index in [4.69, 9.17) is 28.4 Å². The molecule has 1 heterocycles. The van der Waals surface area contributed by atoms with Gasteiger partial charge in [-0.2, -0.15) is 0 Å². The van der Waals surface area contributed by atoms with Crippen LogP contribution in [0.3, 0.4) is 0 Å². The van der Waals surface area contributed by atoms with Crippen LogP contribution in [-0.4, -0.2) is 101 Å². The number of ether oxygens (including phenoxy) is 6.